The number of rotatable bonds is 34. The molecule has 0 rings (SSSR count). The summed E-state index contributed by atoms with van der Waals surface area (Å²) in [6.45, 7) is 3.89. The van der Waals surface area contributed by atoms with Crippen molar-refractivity contribution in [3.63, 3.8) is 0 Å². The maximum absolute atomic E-state index is 12.4. The second-order valence-electron chi connectivity index (χ2n) is 13.2. The van der Waals surface area contributed by atoms with Crippen LogP contribution in [-0.4, -0.2) is 57.3 Å². The minimum atomic E-state index is -1.28. The van der Waals surface area contributed by atoms with Gasteiger partial charge in [0.2, 0.25) is 5.91 Å². The van der Waals surface area contributed by atoms with Gasteiger partial charge < -0.3 is 25.7 Å². The van der Waals surface area contributed by atoms with Gasteiger partial charge >= 0.3 is 0 Å². The standard InChI is InChI=1S/C39H75NO5/c1-3-5-7-9-11-13-14-15-16-17-18-19-20-21-22-23-25-27-29-31-33-37(43)39(45)40-35(34-41)38(44)36(42)32-30-28-26-24-12-10-8-6-4-2/h6,8,24,26,35-38,41-44H,3-5,7,9-23,25,27-34H2,1-2H3,(H,40,45)/b8-6+,26-24+. The number of carbonyl (C=O) groups is 1. The van der Waals surface area contributed by atoms with Gasteiger partial charge in [-0.2, -0.15) is 0 Å². The van der Waals surface area contributed by atoms with E-state index in [-0.39, 0.29) is 0 Å². The van der Waals surface area contributed by atoms with Crippen LogP contribution >= 0.6 is 0 Å². The molecule has 0 aliphatic carbocycles. The van der Waals surface area contributed by atoms with E-state index in [0.29, 0.717) is 19.3 Å². The van der Waals surface area contributed by atoms with Gasteiger partial charge in [-0.1, -0.05) is 167 Å². The first kappa shape index (κ1) is 43.8. The average molecular weight is 638 g/mol. The second-order valence-corrected chi connectivity index (χ2v) is 13.2. The summed E-state index contributed by atoms with van der Waals surface area (Å²) in [5.74, 6) is -0.599. The van der Waals surface area contributed by atoms with Crippen molar-refractivity contribution >= 4 is 5.91 Å². The normalized spacial score (nSPS) is 14.7. The highest BCUT2D eigenvalue weighted by Crippen LogP contribution is 2.16. The highest BCUT2D eigenvalue weighted by molar-refractivity contribution is 5.80. The molecule has 6 nitrogen and oxygen atoms in total. The Balaban J connectivity index is 3.73. The fourth-order valence-corrected chi connectivity index (χ4v) is 5.84. The molecule has 0 spiro atoms. The van der Waals surface area contributed by atoms with E-state index in [0.717, 1.165) is 44.9 Å². The number of aliphatic hydroxyl groups excluding tert-OH is 4. The van der Waals surface area contributed by atoms with Crippen LogP contribution in [0.4, 0.5) is 0 Å². The van der Waals surface area contributed by atoms with Crippen molar-refractivity contribution in [2.75, 3.05) is 6.61 Å². The molecule has 45 heavy (non-hydrogen) atoms. The molecular formula is C39H75NO5. The summed E-state index contributed by atoms with van der Waals surface area (Å²) >= 11 is 0. The predicted molar refractivity (Wildman–Crippen MR) is 191 cm³/mol. The minimum Gasteiger partial charge on any atom is -0.394 e. The molecule has 0 aliphatic rings. The lowest BCUT2D eigenvalue weighted by Crippen LogP contribution is -2.53. The van der Waals surface area contributed by atoms with Crippen LogP contribution in [0.1, 0.15) is 187 Å². The highest BCUT2D eigenvalue weighted by atomic mass is 16.3. The van der Waals surface area contributed by atoms with E-state index in [1.165, 1.54) is 109 Å². The second kappa shape index (κ2) is 34.1. The molecule has 0 bridgehead atoms. The van der Waals surface area contributed by atoms with E-state index in [4.69, 9.17) is 0 Å². The van der Waals surface area contributed by atoms with Gasteiger partial charge in [0, 0.05) is 0 Å². The monoisotopic (exact) mass is 638 g/mol. The zero-order valence-corrected chi connectivity index (χ0v) is 29.6. The third-order valence-electron chi connectivity index (χ3n) is 8.90. The molecule has 0 aromatic rings. The molecule has 4 atom stereocenters. The van der Waals surface area contributed by atoms with Gasteiger partial charge in [0.25, 0.3) is 0 Å². The van der Waals surface area contributed by atoms with Gasteiger partial charge in [-0.3, -0.25) is 4.79 Å². The maximum Gasteiger partial charge on any atom is 0.249 e. The molecule has 0 fully saturated rings. The Labute approximate surface area is 278 Å². The van der Waals surface area contributed by atoms with Crippen LogP contribution < -0.4 is 5.32 Å². The summed E-state index contributed by atoms with van der Waals surface area (Å²) in [5.41, 5.74) is 0. The first-order chi connectivity index (χ1) is 22.0. The molecule has 0 saturated carbocycles. The van der Waals surface area contributed by atoms with E-state index in [1.54, 1.807) is 0 Å². The van der Waals surface area contributed by atoms with Gasteiger partial charge in [0.15, 0.2) is 0 Å². The van der Waals surface area contributed by atoms with Gasteiger partial charge in [0.1, 0.15) is 12.2 Å². The number of allylic oxidation sites excluding steroid dienone is 4. The van der Waals surface area contributed by atoms with Gasteiger partial charge in [-0.15, -0.1) is 0 Å². The topological polar surface area (TPSA) is 110 Å². The number of unbranched alkanes of at least 4 members (excludes halogenated alkanes) is 21. The molecule has 1 amide bonds. The Morgan fingerprint density at radius 1 is 0.556 bits per heavy atom. The Morgan fingerprint density at radius 3 is 1.42 bits per heavy atom. The van der Waals surface area contributed by atoms with Crippen LogP contribution in [0.25, 0.3) is 0 Å². The average Bonchev–Trinajstić information content (AvgIpc) is 3.04. The van der Waals surface area contributed by atoms with Crippen molar-refractivity contribution in [2.45, 2.75) is 212 Å². The van der Waals surface area contributed by atoms with Crippen molar-refractivity contribution in [3.05, 3.63) is 24.3 Å². The third-order valence-corrected chi connectivity index (χ3v) is 8.90. The zero-order chi connectivity index (χ0) is 33.2. The number of amides is 1. The highest BCUT2D eigenvalue weighted by Gasteiger charge is 2.28. The Bertz CT molecular complexity index is 682. The van der Waals surface area contributed by atoms with Crippen LogP contribution in [0, 0.1) is 0 Å². The van der Waals surface area contributed by atoms with Crippen molar-refractivity contribution in [2.24, 2.45) is 0 Å². The number of hydrogen-bond donors (Lipinski definition) is 5. The van der Waals surface area contributed by atoms with Crippen LogP contribution in [-0.2, 0) is 4.79 Å². The van der Waals surface area contributed by atoms with Crippen molar-refractivity contribution in [3.8, 4) is 0 Å². The Hall–Kier alpha value is -1.21. The van der Waals surface area contributed by atoms with Crippen LogP contribution in [0.5, 0.6) is 0 Å². The molecule has 266 valence electrons. The Kier molecular flexibility index (Phi) is 33.2. The lowest BCUT2D eigenvalue weighted by Gasteiger charge is -2.27. The first-order valence-electron chi connectivity index (χ1n) is 19.2. The lowest BCUT2D eigenvalue weighted by molar-refractivity contribution is -0.132. The molecule has 0 aromatic carbocycles. The van der Waals surface area contributed by atoms with Gasteiger partial charge in [0.05, 0.1) is 18.8 Å². The summed E-state index contributed by atoms with van der Waals surface area (Å²) < 4.78 is 0. The van der Waals surface area contributed by atoms with E-state index >= 15 is 0 Å². The van der Waals surface area contributed by atoms with E-state index < -0.39 is 36.9 Å². The van der Waals surface area contributed by atoms with Crippen LogP contribution in [0.15, 0.2) is 24.3 Å². The summed E-state index contributed by atoms with van der Waals surface area (Å²) in [6, 6.07) is -1.00. The molecule has 5 N–H and O–H groups in total. The zero-order valence-electron chi connectivity index (χ0n) is 29.6. The molecular weight excluding hydrogens is 562 g/mol. The quantitative estimate of drug-likeness (QED) is 0.0357. The number of aliphatic hydroxyl groups is 4. The maximum atomic E-state index is 12.4. The van der Waals surface area contributed by atoms with Crippen LogP contribution in [0.2, 0.25) is 0 Å². The molecule has 0 aliphatic heterocycles. The first-order valence-corrected chi connectivity index (χ1v) is 19.2. The van der Waals surface area contributed by atoms with Crippen LogP contribution in [0.3, 0.4) is 0 Å². The van der Waals surface area contributed by atoms with E-state index in [9.17, 15) is 25.2 Å². The Morgan fingerprint density at radius 2 is 0.978 bits per heavy atom. The molecule has 0 radical (unpaired) electrons. The van der Waals surface area contributed by atoms with Gasteiger partial charge in [-0.25, -0.2) is 0 Å². The molecule has 0 aromatic heterocycles. The smallest absolute Gasteiger partial charge is 0.249 e. The third kappa shape index (κ3) is 28.7. The SMILES string of the molecule is CC/C=C/CC/C=C/CCCC(O)C(O)C(CO)NC(=O)C(O)CCCCCCCCCCCCCCCCCCCCCC. The summed E-state index contributed by atoms with van der Waals surface area (Å²) in [5, 5.41) is 43.3. The summed E-state index contributed by atoms with van der Waals surface area (Å²) in [7, 11) is 0. The minimum absolute atomic E-state index is 0.363. The number of carbonyl (C=O) groups excluding carboxylic acids is 1. The van der Waals surface area contributed by atoms with Crippen molar-refractivity contribution in [1.29, 1.82) is 0 Å². The predicted octanol–water partition coefficient (Wildman–Crippen LogP) is 9.23. The fourth-order valence-electron chi connectivity index (χ4n) is 5.84. The lowest BCUT2D eigenvalue weighted by atomic mass is 10.00. The molecule has 0 heterocycles. The fraction of sp³-hybridized carbons (Fsp3) is 0.872. The number of nitrogens with one attached hydrogen (secondary N) is 1. The largest absolute Gasteiger partial charge is 0.394 e. The summed E-state index contributed by atoms with van der Waals surface area (Å²) in [6.07, 6.45) is 36.5. The number of hydrogen-bond acceptors (Lipinski definition) is 5. The molecule has 4 unspecified atom stereocenters. The van der Waals surface area contributed by atoms with Crippen molar-refractivity contribution < 1.29 is 25.2 Å². The molecule has 0 saturated heterocycles. The molecule has 6 heteroatoms. The van der Waals surface area contributed by atoms with Gasteiger partial charge in [-0.05, 0) is 44.9 Å². The summed E-state index contributed by atoms with van der Waals surface area (Å²) in [4.78, 5) is 12.4. The van der Waals surface area contributed by atoms with Crippen molar-refractivity contribution in [1.82, 2.24) is 5.32 Å². The van der Waals surface area contributed by atoms with E-state index in [1.807, 2.05) is 0 Å². The van der Waals surface area contributed by atoms with E-state index in [2.05, 4.69) is 43.5 Å².